The van der Waals surface area contributed by atoms with Crippen LogP contribution in [-0.4, -0.2) is 110 Å². The van der Waals surface area contributed by atoms with Gasteiger partial charge in [0.25, 0.3) is 17.7 Å². The van der Waals surface area contributed by atoms with E-state index in [-0.39, 0.29) is 64.2 Å². The number of aromatic nitrogens is 1. The molecule has 21 heteroatoms. The molecule has 1 unspecified atom stereocenters. The van der Waals surface area contributed by atoms with E-state index in [9.17, 15) is 37.1 Å². The van der Waals surface area contributed by atoms with E-state index in [1.54, 1.807) is 30.3 Å². The highest BCUT2D eigenvalue weighted by atomic mass is 19.4. The van der Waals surface area contributed by atoms with Crippen molar-refractivity contribution < 1.29 is 66.0 Å². The number of piperidine rings is 2. The molecular formula is C44H43F6N9O6. The predicted octanol–water partition coefficient (Wildman–Crippen LogP) is 5.81. The lowest BCUT2D eigenvalue weighted by atomic mass is 9.95. The number of nitrogens with zero attached hydrogens (tertiary/aromatic N) is 5. The van der Waals surface area contributed by atoms with Crippen molar-refractivity contribution in [1.29, 1.82) is 0 Å². The molecule has 5 heterocycles. The number of hydrogen-bond donors (Lipinski definition) is 4. The van der Waals surface area contributed by atoms with Crippen molar-refractivity contribution in [2.45, 2.75) is 37.9 Å². The van der Waals surface area contributed by atoms with Crippen molar-refractivity contribution in [2.75, 3.05) is 80.2 Å². The number of amides is 5. The first-order valence-electron chi connectivity index (χ1n) is 24.0. The summed E-state index contributed by atoms with van der Waals surface area (Å²) in [7, 11) is 2.72. The monoisotopic (exact) mass is 915 g/mol. The summed E-state index contributed by atoms with van der Waals surface area (Å²) in [6, 6.07) is 10.1. The van der Waals surface area contributed by atoms with Gasteiger partial charge in [0.1, 0.15) is 23.3 Å². The van der Waals surface area contributed by atoms with Gasteiger partial charge in [-0.15, -0.1) is 0 Å². The maximum absolute atomic E-state index is 16.6. The fourth-order valence-corrected chi connectivity index (χ4v) is 7.94. The molecule has 1 aromatic heterocycles. The summed E-state index contributed by atoms with van der Waals surface area (Å²) in [6.45, 7) is -15.5. The molecule has 8 rings (SSSR count). The number of piperazine rings is 1. The molecule has 4 aromatic rings. The normalized spacial score (nSPS) is 23.4. The fraction of sp³-hybridized carbons (Fsp3) is 0.364. The summed E-state index contributed by atoms with van der Waals surface area (Å²) in [6.07, 6.45) is -4.73. The van der Waals surface area contributed by atoms with Gasteiger partial charge in [-0.3, -0.25) is 39.1 Å². The number of carbonyl (C=O) groups excluding carboxylic acids is 5. The summed E-state index contributed by atoms with van der Waals surface area (Å²) in [5, 5.41) is 9.94. The van der Waals surface area contributed by atoms with Crippen LogP contribution in [0.3, 0.4) is 0 Å². The second-order valence-corrected chi connectivity index (χ2v) is 15.2. The number of imide groups is 2. The Bertz CT molecular complexity index is 2940. The van der Waals surface area contributed by atoms with Crippen molar-refractivity contribution in [3.05, 3.63) is 94.4 Å². The quantitative estimate of drug-likeness (QED) is 0.0811. The first kappa shape index (κ1) is 35.4. The van der Waals surface area contributed by atoms with Crippen molar-refractivity contribution in [2.24, 2.45) is 5.92 Å². The van der Waals surface area contributed by atoms with E-state index in [4.69, 9.17) is 15.7 Å². The molecule has 0 saturated carbocycles. The first-order valence-corrected chi connectivity index (χ1v) is 20.0. The molecule has 0 aliphatic carbocycles. The number of ether oxygens (including phenoxy) is 1. The van der Waals surface area contributed by atoms with Crippen molar-refractivity contribution in [3.8, 4) is 5.75 Å². The van der Waals surface area contributed by atoms with Gasteiger partial charge in [-0.25, -0.2) is 18.2 Å². The largest absolute Gasteiger partial charge is 0.494 e. The van der Waals surface area contributed by atoms with Crippen LogP contribution in [0.2, 0.25) is 0 Å². The van der Waals surface area contributed by atoms with Gasteiger partial charge >= 0.3 is 6.18 Å². The summed E-state index contributed by atoms with van der Waals surface area (Å²) in [5.41, 5.74) is -5.59. The van der Waals surface area contributed by atoms with Crippen molar-refractivity contribution >= 4 is 63.8 Å². The number of methoxy groups -OCH3 is 1. The second kappa shape index (κ2) is 17.9. The van der Waals surface area contributed by atoms with Gasteiger partial charge in [0, 0.05) is 88.6 Å². The van der Waals surface area contributed by atoms with E-state index in [0.717, 1.165) is 6.07 Å². The van der Waals surface area contributed by atoms with Gasteiger partial charge in [-0.1, -0.05) is 12.1 Å². The third-order valence-corrected chi connectivity index (χ3v) is 11.2. The fourth-order valence-electron chi connectivity index (χ4n) is 7.94. The number of pyridine rings is 1. The van der Waals surface area contributed by atoms with Crippen LogP contribution in [0, 0.1) is 23.4 Å². The van der Waals surface area contributed by atoms with Gasteiger partial charge in [0.05, 0.1) is 51.9 Å². The number of rotatable bonds is 11. The highest BCUT2D eigenvalue weighted by Gasteiger charge is 2.50. The van der Waals surface area contributed by atoms with E-state index < -0.39 is 143 Å². The highest BCUT2D eigenvalue weighted by molar-refractivity contribution is 6.24. The molecule has 1 atom stereocenters. The molecule has 5 amide bonds. The number of para-hydroxylation sites is 1. The van der Waals surface area contributed by atoms with Crippen molar-refractivity contribution in [1.82, 2.24) is 25.4 Å². The Morgan fingerprint density at radius 2 is 1.55 bits per heavy atom. The van der Waals surface area contributed by atoms with Crippen molar-refractivity contribution in [3.63, 3.8) is 0 Å². The summed E-state index contributed by atoms with van der Waals surface area (Å²) in [4.78, 5) is 69.1. The molecule has 4 N–H and O–H groups in total. The Labute approximate surface area is 379 Å². The number of hydrogen-bond acceptors (Lipinski definition) is 12. The van der Waals surface area contributed by atoms with E-state index in [1.807, 2.05) is 10.2 Å². The Morgan fingerprint density at radius 1 is 0.862 bits per heavy atom. The minimum Gasteiger partial charge on any atom is -0.494 e. The number of nitrogens with one attached hydrogen (secondary N) is 4. The zero-order valence-electron chi connectivity index (χ0n) is 42.3. The lowest BCUT2D eigenvalue weighted by molar-refractivity contribution is -0.137. The first-order chi connectivity index (χ1) is 34.1. The van der Waals surface area contributed by atoms with Crippen LogP contribution in [0.4, 0.5) is 60.6 Å². The average Bonchev–Trinajstić information content (AvgIpc) is 3.59. The van der Waals surface area contributed by atoms with Gasteiger partial charge < -0.3 is 30.5 Å². The molecule has 0 spiro atoms. The number of halogens is 6. The smallest absolute Gasteiger partial charge is 0.419 e. The standard InChI is InChI=1S/C44H43F6N9O6/c1-51-40(61)25-5-3-4-6-27(25)53-29-20-32(52-21-26(29)44(48,49)50)54-28-8-7-24(19-31(28)65-2)57-13-11-23(12-14-57)22-56-15-17-58(18-16-56)39-37(46)35-34(36(45)38(39)47)42(63)59(43(35)64)30-9-10-33(60)55-41(30)62/h3-8,19-21,23,30H,9-18,22H2,1-2H3,(H,51,61)(H2,52,53,54)(H,55,60,62)/i15D2,16D2,17D2,18D2. The minimum absolute atomic E-state index is 0.0335. The van der Waals surface area contributed by atoms with Crippen LogP contribution in [0.25, 0.3) is 0 Å². The molecule has 0 radical (unpaired) electrons. The second-order valence-electron chi connectivity index (χ2n) is 15.2. The summed E-state index contributed by atoms with van der Waals surface area (Å²) >= 11 is 0. The lowest BCUT2D eigenvalue weighted by Gasteiger charge is -2.40. The van der Waals surface area contributed by atoms with Gasteiger partial charge in [-0.05, 0) is 49.4 Å². The molecule has 4 aliphatic rings. The van der Waals surface area contributed by atoms with Crippen LogP contribution >= 0.6 is 0 Å². The maximum Gasteiger partial charge on any atom is 0.419 e. The Kier molecular flexibility index (Phi) is 9.78. The summed E-state index contributed by atoms with van der Waals surface area (Å²) in [5.74, 6) is -13.4. The number of fused-ring (bicyclic) bond motifs is 1. The van der Waals surface area contributed by atoms with E-state index in [1.165, 1.54) is 26.3 Å². The van der Waals surface area contributed by atoms with E-state index in [0.29, 0.717) is 11.9 Å². The third kappa shape index (κ3) is 8.71. The zero-order chi connectivity index (χ0) is 53.5. The van der Waals surface area contributed by atoms with Crippen LogP contribution in [0.15, 0.2) is 54.7 Å². The lowest BCUT2D eigenvalue weighted by Crippen LogP contribution is -2.54. The van der Waals surface area contributed by atoms with E-state index in [2.05, 4.69) is 20.9 Å². The molecule has 4 aliphatic heterocycles. The molecule has 65 heavy (non-hydrogen) atoms. The Morgan fingerprint density at radius 3 is 2.22 bits per heavy atom. The van der Waals surface area contributed by atoms with E-state index >= 15 is 13.2 Å². The van der Waals surface area contributed by atoms with Crippen LogP contribution < -0.4 is 35.8 Å². The highest BCUT2D eigenvalue weighted by Crippen LogP contribution is 2.41. The Balaban J connectivity index is 0.997. The predicted molar refractivity (Wildman–Crippen MR) is 225 cm³/mol. The van der Waals surface area contributed by atoms with Crippen LogP contribution in [-0.2, 0) is 15.8 Å². The number of alkyl halides is 3. The minimum atomic E-state index is -4.83. The number of benzene rings is 3. The van der Waals surface area contributed by atoms with Crippen LogP contribution in [0.5, 0.6) is 5.75 Å². The SMILES string of the molecule is [2H]C1([2H])N(CC2CCN(c3ccc(Nc4cc(Nc5ccccc5C(=O)NC)c(C(F)(F)F)cn4)c(OC)c3)CC2)C([2H])([2H])C([2H])([2H])N(c2c(F)c(F)c3c(c2F)C(=O)N(C2CCC(=O)NC2=O)C3=O)C1([2H])[2H]. The number of carbonyl (C=O) groups is 5. The van der Waals surface area contributed by atoms with Gasteiger partial charge in [0.15, 0.2) is 17.5 Å². The molecule has 0 bridgehead atoms. The molecule has 15 nitrogen and oxygen atoms in total. The molecule has 3 saturated heterocycles. The maximum atomic E-state index is 16.6. The van der Waals surface area contributed by atoms with Gasteiger partial charge in [0.2, 0.25) is 11.8 Å². The van der Waals surface area contributed by atoms with Gasteiger partial charge in [-0.2, -0.15) is 13.2 Å². The molecule has 3 aromatic carbocycles. The molecule has 342 valence electrons. The zero-order valence-corrected chi connectivity index (χ0v) is 34.3. The topological polar surface area (TPSA) is 169 Å². The number of anilines is 6. The average molecular weight is 916 g/mol. The summed E-state index contributed by atoms with van der Waals surface area (Å²) < 4.78 is 168. The third-order valence-electron chi connectivity index (χ3n) is 11.2. The van der Waals surface area contributed by atoms with Crippen LogP contribution in [0.1, 0.15) is 73.3 Å². The molecule has 3 fully saturated rings. The molecular weight excluding hydrogens is 865 g/mol. The Hall–Kier alpha value is -6.90.